The molecule has 3 heterocycles. The number of thioether (sulfide) groups is 1. The lowest BCUT2D eigenvalue weighted by atomic mass is 10.3. The van der Waals surface area contributed by atoms with Crippen LogP contribution in [-0.2, 0) is 11.3 Å². The third kappa shape index (κ3) is 3.96. The third-order valence-electron chi connectivity index (χ3n) is 2.99. The highest BCUT2D eigenvalue weighted by atomic mass is 32.2. The highest BCUT2D eigenvalue weighted by Gasteiger charge is 2.16. The van der Waals surface area contributed by atoms with Crippen molar-refractivity contribution in [3.63, 3.8) is 0 Å². The molecule has 0 aromatic carbocycles. The lowest BCUT2D eigenvalue weighted by molar-refractivity contribution is -0.127. The Balaban J connectivity index is 1.55. The van der Waals surface area contributed by atoms with Crippen LogP contribution >= 0.6 is 11.8 Å². The highest BCUT2D eigenvalue weighted by molar-refractivity contribution is 7.99. The number of carbonyl (C=O) groups excluding carboxylic acids is 1. The van der Waals surface area contributed by atoms with Gasteiger partial charge in [0, 0.05) is 20.2 Å². The van der Waals surface area contributed by atoms with Crippen LogP contribution in [0.5, 0.6) is 0 Å². The summed E-state index contributed by atoms with van der Waals surface area (Å²) in [7, 11) is 1.66. The van der Waals surface area contributed by atoms with Crippen molar-refractivity contribution in [3.05, 3.63) is 36.2 Å². The molecular weight excluding hydrogens is 332 g/mol. The van der Waals surface area contributed by atoms with E-state index in [1.807, 2.05) is 6.07 Å². The molecular formula is C14H14N6O3S. The summed E-state index contributed by atoms with van der Waals surface area (Å²) in [6.07, 6.45) is 1.65. The van der Waals surface area contributed by atoms with Gasteiger partial charge in [0.25, 0.3) is 5.22 Å². The monoisotopic (exact) mass is 346 g/mol. The van der Waals surface area contributed by atoms with Gasteiger partial charge in [-0.3, -0.25) is 9.78 Å². The first-order valence-electron chi connectivity index (χ1n) is 7.02. The minimum atomic E-state index is -0.117. The largest absolute Gasteiger partial charge is 0.416 e. The van der Waals surface area contributed by atoms with Crippen molar-refractivity contribution in [3.8, 4) is 11.5 Å². The Labute approximate surface area is 141 Å². The molecule has 0 aliphatic rings. The summed E-state index contributed by atoms with van der Waals surface area (Å²) < 4.78 is 10.4. The SMILES string of the molecule is Cc1nnc(SCC(=O)N(C)Cc2nc(-c3ccccn3)no2)o1. The summed E-state index contributed by atoms with van der Waals surface area (Å²) in [5, 5.41) is 11.8. The normalized spacial score (nSPS) is 10.8. The van der Waals surface area contributed by atoms with E-state index < -0.39 is 0 Å². The zero-order valence-electron chi connectivity index (χ0n) is 13.0. The average Bonchev–Trinajstić information content (AvgIpc) is 3.22. The molecule has 9 nitrogen and oxygen atoms in total. The van der Waals surface area contributed by atoms with Crippen molar-refractivity contribution in [2.24, 2.45) is 0 Å². The first kappa shape index (κ1) is 16.1. The summed E-state index contributed by atoms with van der Waals surface area (Å²) in [6, 6.07) is 5.43. The van der Waals surface area contributed by atoms with Crippen LogP contribution in [0.15, 0.2) is 38.6 Å². The van der Waals surface area contributed by atoms with Crippen molar-refractivity contribution in [2.75, 3.05) is 12.8 Å². The van der Waals surface area contributed by atoms with E-state index in [1.165, 1.54) is 16.7 Å². The summed E-state index contributed by atoms with van der Waals surface area (Å²) in [5.74, 6) is 1.26. The smallest absolute Gasteiger partial charge is 0.277 e. The van der Waals surface area contributed by atoms with Crippen LogP contribution in [0, 0.1) is 6.92 Å². The predicted octanol–water partition coefficient (Wildman–Crippen LogP) is 1.57. The van der Waals surface area contributed by atoms with Gasteiger partial charge in [0.15, 0.2) is 0 Å². The van der Waals surface area contributed by atoms with Gasteiger partial charge in [-0.2, -0.15) is 4.98 Å². The fourth-order valence-corrected chi connectivity index (χ4v) is 2.53. The molecule has 124 valence electrons. The fraction of sp³-hybridized carbons (Fsp3) is 0.286. The van der Waals surface area contributed by atoms with Crippen molar-refractivity contribution in [1.29, 1.82) is 0 Å². The Morgan fingerprint density at radius 2 is 2.21 bits per heavy atom. The first-order valence-corrected chi connectivity index (χ1v) is 8.01. The van der Waals surface area contributed by atoms with Gasteiger partial charge in [-0.15, -0.1) is 10.2 Å². The molecule has 24 heavy (non-hydrogen) atoms. The van der Waals surface area contributed by atoms with Crippen LogP contribution in [0.3, 0.4) is 0 Å². The van der Waals surface area contributed by atoms with E-state index in [-0.39, 0.29) is 18.2 Å². The van der Waals surface area contributed by atoms with Gasteiger partial charge >= 0.3 is 0 Å². The number of pyridine rings is 1. The number of hydrogen-bond donors (Lipinski definition) is 0. The molecule has 0 spiro atoms. The molecule has 0 radical (unpaired) electrons. The second kappa shape index (κ2) is 7.21. The maximum Gasteiger partial charge on any atom is 0.277 e. The van der Waals surface area contributed by atoms with Crippen LogP contribution < -0.4 is 0 Å². The topological polar surface area (TPSA) is 111 Å². The molecule has 0 bridgehead atoms. The quantitative estimate of drug-likeness (QED) is 0.614. The number of aryl methyl sites for hydroxylation is 1. The van der Waals surface area contributed by atoms with E-state index in [2.05, 4.69) is 25.3 Å². The van der Waals surface area contributed by atoms with Gasteiger partial charge < -0.3 is 13.8 Å². The summed E-state index contributed by atoms with van der Waals surface area (Å²) in [5.41, 5.74) is 0.615. The van der Waals surface area contributed by atoms with Crippen LogP contribution in [0.4, 0.5) is 0 Å². The second-order valence-electron chi connectivity index (χ2n) is 4.85. The van der Waals surface area contributed by atoms with Gasteiger partial charge in [0.2, 0.25) is 23.5 Å². The Hall–Kier alpha value is -2.75. The Kier molecular flexibility index (Phi) is 4.85. The molecule has 0 aliphatic heterocycles. The third-order valence-corrected chi connectivity index (χ3v) is 3.79. The number of amides is 1. The molecule has 0 fully saturated rings. The number of nitrogens with zero attached hydrogens (tertiary/aromatic N) is 6. The molecule has 1 amide bonds. The van der Waals surface area contributed by atoms with Crippen molar-refractivity contribution < 1.29 is 13.7 Å². The van der Waals surface area contributed by atoms with E-state index in [9.17, 15) is 4.79 Å². The molecule has 3 rings (SSSR count). The van der Waals surface area contributed by atoms with Gasteiger partial charge in [0.1, 0.15) is 5.69 Å². The average molecular weight is 346 g/mol. The molecule has 0 N–H and O–H groups in total. The molecule has 3 aromatic heterocycles. The number of hydrogen-bond acceptors (Lipinski definition) is 9. The zero-order valence-corrected chi connectivity index (χ0v) is 13.9. The number of rotatable bonds is 6. The second-order valence-corrected chi connectivity index (χ2v) is 5.78. The summed E-state index contributed by atoms with van der Waals surface area (Å²) in [4.78, 5) is 22.0. The minimum absolute atomic E-state index is 0.117. The molecule has 10 heteroatoms. The highest BCUT2D eigenvalue weighted by Crippen LogP contribution is 2.17. The molecule has 0 saturated carbocycles. The zero-order chi connectivity index (χ0) is 16.9. The maximum absolute atomic E-state index is 12.1. The lowest BCUT2D eigenvalue weighted by Gasteiger charge is -2.13. The predicted molar refractivity (Wildman–Crippen MR) is 83.8 cm³/mol. The maximum atomic E-state index is 12.1. The van der Waals surface area contributed by atoms with Crippen LogP contribution in [0.25, 0.3) is 11.5 Å². The molecule has 0 aliphatic carbocycles. The Morgan fingerprint density at radius 3 is 2.92 bits per heavy atom. The molecule has 0 unspecified atom stereocenters. The Bertz CT molecular complexity index is 819. The van der Waals surface area contributed by atoms with E-state index >= 15 is 0 Å². The summed E-state index contributed by atoms with van der Waals surface area (Å²) >= 11 is 1.18. The van der Waals surface area contributed by atoms with E-state index in [0.717, 1.165) is 0 Å². The van der Waals surface area contributed by atoms with E-state index in [1.54, 1.807) is 32.3 Å². The van der Waals surface area contributed by atoms with Crippen LogP contribution in [0.2, 0.25) is 0 Å². The standard InChI is InChI=1S/C14H14N6O3S/c1-9-17-18-14(22-9)24-8-12(21)20(2)7-11-16-13(19-23-11)10-5-3-4-6-15-10/h3-6H,7-8H2,1-2H3. The fourth-order valence-electron chi connectivity index (χ4n) is 1.78. The molecule has 0 atom stereocenters. The summed E-state index contributed by atoms with van der Waals surface area (Å²) in [6.45, 7) is 1.90. The minimum Gasteiger partial charge on any atom is -0.416 e. The van der Waals surface area contributed by atoms with Crippen LogP contribution in [0.1, 0.15) is 11.8 Å². The van der Waals surface area contributed by atoms with E-state index in [4.69, 9.17) is 8.94 Å². The molecule has 0 saturated heterocycles. The Morgan fingerprint density at radius 1 is 1.33 bits per heavy atom. The van der Waals surface area contributed by atoms with E-state index in [0.29, 0.717) is 28.5 Å². The van der Waals surface area contributed by atoms with Crippen molar-refractivity contribution in [2.45, 2.75) is 18.7 Å². The van der Waals surface area contributed by atoms with Crippen molar-refractivity contribution in [1.82, 2.24) is 30.2 Å². The van der Waals surface area contributed by atoms with Crippen molar-refractivity contribution >= 4 is 17.7 Å². The molecule has 3 aromatic rings. The van der Waals surface area contributed by atoms with Gasteiger partial charge in [-0.05, 0) is 12.1 Å². The van der Waals surface area contributed by atoms with Gasteiger partial charge in [-0.25, -0.2) is 0 Å². The first-order chi connectivity index (χ1) is 11.6. The number of aromatic nitrogens is 5. The number of carbonyl (C=O) groups is 1. The van der Waals surface area contributed by atoms with Gasteiger partial charge in [-0.1, -0.05) is 23.0 Å². The van der Waals surface area contributed by atoms with Gasteiger partial charge in [0.05, 0.1) is 12.3 Å². The lowest BCUT2D eigenvalue weighted by Crippen LogP contribution is -2.27. The van der Waals surface area contributed by atoms with Crippen LogP contribution in [-0.4, -0.2) is 48.9 Å².